The standard InChI is InChI=1S/C16H24N2O/c1-4-7-16-17-14-8-5-6-9-15(14)18(16)10-11-19-12-13(2)3/h5-6,8-9,13H,4,7,10-12H2,1-3H3. The number of rotatable bonds is 7. The highest BCUT2D eigenvalue weighted by Crippen LogP contribution is 2.17. The van der Waals surface area contributed by atoms with E-state index in [1.54, 1.807) is 0 Å². The van der Waals surface area contributed by atoms with Gasteiger partial charge in [0.15, 0.2) is 0 Å². The minimum atomic E-state index is 0.592. The highest BCUT2D eigenvalue weighted by Gasteiger charge is 2.09. The van der Waals surface area contributed by atoms with Crippen LogP contribution in [0.15, 0.2) is 24.3 Å². The second-order valence-electron chi connectivity index (χ2n) is 5.39. The van der Waals surface area contributed by atoms with E-state index in [2.05, 4.69) is 43.5 Å². The van der Waals surface area contributed by atoms with E-state index in [4.69, 9.17) is 9.72 Å². The maximum atomic E-state index is 5.70. The number of hydrogen-bond donors (Lipinski definition) is 0. The predicted molar refractivity (Wildman–Crippen MR) is 79.4 cm³/mol. The molecule has 0 unspecified atom stereocenters. The van der Waals surface area contributed by atoms with E-state index in [0.717, 1.165) is 38.1 Å². The van der Waals surface area contributed by atoms with E-state index < -0.39 is 0 Å². The minimum Gasteiger partial charge on any atom is -0.379 e. The van der Waals surface area contributed by atoms with Gasteiger partial charge in [-0.2, -0.15) is 0 Å². The van der Waals surface area contributed by atoms with Crippen LogP contribution in [0.1, 0.15) is 33.0 Å². The van der Waals surface area contributed by atoms with Crippen LogP contribution in [0.4, 0.5) is 0 Å². The molecule has 19 heavy (non-hydrogen) atoms. The molecule has 1 aromatic carbocycles. The largest absolute Gasteiger partial charge is 0.379 e. The zero-order valence-corrected chi connectivity index (χ0v) is 12.2. The number of benzene rings is 1. The highest BCUT2D eigenvalue weighted by molar-refractivity contribution is 5.75. The summed E-state index contributed by atoms with van der Waals surface area (Å²) in [7, 11) is 0. The molecule has 0 aliphatic carbocycles. The van der Waals surface area contributed by atoms with Crippen molar-refractivity contribution in [2.24, 2.45) is 5.92 Å². The van der Waals surface area contributed by atoms with Crippen molar-refractivity contribution in [1.29, 1.82) is 0 Å². The third-order valence-electron chi connectivity index (χ3n) is 3.12. The molecule has 0 atom stereocenters. The highest BCUT2D eigenvalue weighted by atomic mass is 16.5. The second-order valence-corrected chi connectivity index (χ2v) is 5.39. The van der Waals surface area contributed by atoms with Crippen molar-refractivity contribution in [3.05, 3.63) is 30.1 Å². The van der Waals surface area contributed by atoms with Crippen molar-refractivity contribution in [3.8, 4) is 0 Å². The summed E-state index contributed by atoms with van der Waals surface area (Å²) in [6.07, 6.45) is 2.15. The van der Waals surface area contributed by atoms with Crippen molar-refractivity contribution >= 4 is 11.0 Å². The maximum Gasteiger partial charge on any atom is 0.109 e. The maximum absolute atomic E-state index is 5.70. The fourth-order valence-corrected chi connectivity index (χ4v) is 2.26. The van der Waals surface area contributed by atoms with Crippen LogP contribution in [0.5, 0.6) is 0 Å². The summed E-state index contributed by atoms with van der Waals surface area (Å²) in [5, 5.41) is 0. The molecule has 2 rings (SSSR count). The van der Waals surface area contributed by atoms with Crippen LogP contribution in [0, 0.1) is 5.92 Å². The Morgan fingerprint density at radius 2 is 2.05 bits per heavy atom. The van der Waals surface area contributed by atoms with Gasteiger partial charge in [-0.05, 0) is 24.5 Å². The number of imidazole rings is 1. The number of para-hydroxylation sites is 2. The number of aromatic nitrogens is 2. The Bertz CT molecular complexity index is 516. The van der Waals surface area contributed by atoms with Gasteiger partial charge in [-0.25, -0.2) is 4.98 Å². The van der Waals surface area contributed by atoms with E-state index >= 15 is 0 Å². The van der Waals surface area contributed by atoms with Gasteiger partial charge in [0.1, 0.15) is 5.82 Å². The van der Waals surface area contributed by atoms with Crippen LogP contribution < -0.4 is 0 Å². The summed E-state index contributed by atoms with van der Waals surface area (Å²) in [5.74, 6) is 1.77. The Balaban J connectivity index is 2.12. The lowest BCUT2D eigenvalue weighted by Crippen LogP contribution is -2.11. The van der Waals surface area contributed by atoms with E-state index in [0.29, 0.717) is 5.92 Å². The summed E-state index contributed by atoms with van der Waals surface area (Å²) in [4.78, 5) is 4.72. The molecule has 0 aliphatic heterocycles. The van der Waals surface area contributed by atoms with Crippen LogP contribution in [0.3, 0.4) is 0 Å². The van der Waals surface area contributed by atoms with Gasteiger partial charge in [-0.15, -0.1) is 0 Å². The number of ether oxygens (including phenoxy) is 1. The first kappa shape index (κ1) is 14.1. The van der Waals surface area contributed by atoms with E-state index in [1.807, 2.05) is 6.07 Å². The SMILES string of the molecule is CCCc1nc2ccccc2n1CCOCC(C)C. The van der Waals surface area contributed by atoms with Gasteiger partial charge in [0.25, 0.3) is 0 Å². The first-order valence-electron chi connectivity index (χ1n) is 7.24. The molecule has 1 aromatic heterocycles. The van der Waals surface area contributed by atoms with Crippen molar-refractivity contribution < 1.29 is 4.74 Å². The Labute approximate surface area is 115 Å². The fourth-order valence-electron chi connectivity index (χ4n) is 2.26. The number of nitrogens with zero attached hydrogens (tertiary/aromatic N) is 2. The van der Waals surface area contributed by atoms with E-state index in [1.165, 1.54) is 11.3 Å². The van der Waals surface area contributed by atoms with E-state index in [-0.39, 0.29) is 0 Å². The zero-order valence-electron chi connectivity index (χ0n) is 12.2. The van der Waals surface area contributed by atoms with Gasteiger partial charge < -0.3 is 9.30 Å². The molecule has 3 heteroatoms. The van der Waals surface area contributed by atoms with Crippen LogP contribution in [0.25, 0.3) is 11.0 Å². The van der Waals surface area contributed by atoms with Gasteiger partial charge in [0.05, 0.1) is 17.6 Å². The summed E-state index contributed by atoms with van der Waals surface area (Å²) < 4.78 is 8.01. The molecule has 0 radical (unpaired) electrons. The first-order valence-corrected chi connectivity index (χ1v) is 7.24. The van der Waals surface area contributed by atoms with Crippen molar-refractivity contribution in [3.63, 3.8) is 0 Å². The lowest BCUT2D eigenvalue weighted by Gasteiger charge is -2.10. The molecule has 0 spiro atoms. The van der Waals surface area contributed by atoms with Crippen LogP contribution >= 0.6 is 0 Å². The Hall–Kier alpha value is -1.35. The molecule has 0 saturated carbocycles. The Morgan fingerprint density at radius 1 is 1.26 bits per heavy atom. The monoisotopic (exact) mass is 260 g/mol. The minimum absolute atomic E-state index is 0.592. The average Bonchev–Trinajstić information content (AvgIpc) is 2.73. The van der Waals surface area contributed by atoms with Crippen LogP contribution in [-0.2, 0) is 17.7 Å². The number of hydrogen-bond acceptors (Lipinski definition) is 2. The third-order valence-corrected chi connectivity index (χ3v) is 3.12. The lowest BCUT2D eigenvalue weighted by molar-refractivity contribution is 0.103. The Kier molecular flexibility index (Phi) is 4.97. The molecule has 0 amide bonds. The molecule has 0 saturated heterocycles. The molecular weight excluding hydrogens is 236 g/mol. The summed E-state index contributed by atoms with van der Waals surface area (Å²) in [5.41, 5.74) is 2.31. The third kappa shape index (κ3) is 3.57. The van der Waals surface area contributed by atoms with E-state index in [9.17, 15) is 0 Å². The molecular formula is C16H24N2O. The van der Waals surface area contributed by atoms with Crippen molar-refractivity contribution in [2.75, 3.05) is 13.2 Å². The summed E-state index contributed by atoms with van der Waals surface area (Å²) in [6.45, 7) is 9.02. The predicted octanol–water partition coefficient (Wildman–Crippen LogP) is 3.66. The fraction of sp³-hybridized carbons (Fsp3) is 0.562. The summed E-state index contributed by atoms with van der Waals surface area (Å²) >= 11 is 0. The van der Waals surface area contributed by atoms with Crippen molar-refractivity contribution in [2.45, 2.75) is 40.2 Å². The molecule has 3 nitrogen and oxygen atoms in total. The zero-order chi connectivity index (χ0) is 13.7. The Morgan fingerprint density at radius 3 is 2.79 bits per heavy atom. The van der Waals surface area contributed by atoms with Gasteiger partial charge >= 0.3 is 0 Å². The average molecular weight is 260 g/mol. The smallest absolute Gasteiger partial charge is 0.109 e. The molecule has 1 heterocycles. The van der Waals surface area contributed by atoms with Gasteiger partial charge in [0.2, 0.25) is 0 Å². The molecule has 104 valence electrons. The molecule has 2 aromatic rings. The lowest BCUT2D eigenvalue weighted by atomic mass is 10.2. The number of aryl methyl sites for hydroxylation is 1. The molecule has 0 aliphatic rings. The normalized spacial score (nSPS) is 11.6. The summed E-state index contributed by atoms with van der Waals surface area (Å²) in [6, 6.07) is 8.35. The van der Waals surface area contributed by atoms with Crippen LogP contribution in [-0.4, -0.2) is 22.8 Å². The first-order chi connectivity index (χ1) is 9.22. The molecule has 0 fully saturated rings. The quantitative estimate of drug-likeness (QED) is 0.710. The van der Waals surface area contributed by atoms with Gasteiger partial charge in [-0.3, -0.25) is 0 Å². The number of fused-ring (bicyclic) bond motifs is 1. The second kappa shape index (κ2) is 6.71. The van der Waals surface area contributed by atoms with Crippen molar-refractivity contribution in [1.82, 2.24) is 9.55 Å². The van der Waals surface area contributed by atoms with Gasteiger partial charge in [-0.1, -0.05) is 32.9 Å². The molecule has 0 bridgehead atoms. The van der Waals surface area contributed by atoms with Gasteiger partial charge in [0, 0.05) is 19.6 Å². The van der Waals surface area contributed by atoms with Crippen LogP contribution in [0.2, 0.25) is 0 Å². The topological polar surface area (TPSA) is 27.1 Å². The molecule has 0 N–H and O–H groups in total.